The number of anilines is 1. The number of benzene rings is 2. The summed E-state index contributed by atoms with van der Waals surface area (Å²) in [6.07, 6.45) is -3.20. The van der Waals surface area contributed by atoms with E-state index in [1.165, 1.54) is 30.5 Å². The van der Waals surface area contributed by atoms with Crippen LogP contribution in [0.2, 0.25) is 0 Å². The molecule has 0 unspecified atom stereocenters. The number of nitrogens with one attached hydrogen (secondary N) is 1. The van der Waals surface area contributed by atoms with Gasteiger partial charge in [0.05, 0.1) is 17.5 Å². The fraction of sp³-hybridized carbons (Fsp3) is 0.0714. The summed E-state index contributed by atoms with van der Waals surface area (Å²) >= 11 is 0. The zero-order chi connectivity index (χ0) is 14.6. The highest BCUT2D eigenvalue weighted by molar-refractivity contribution is 5.83. The van der Waals surface area contributed by atoms with Gasteiger partial charge in [0, 0.05) is 5.56 Å². The largest absolute Gasteiger partial charge is 0.507 e. The first-order chi connectivity index (χ1) is 9.48. The maximum absolute atomic E-state index is 12.7. The summed E-state index contributed by atoms with van der Waals surface area (Å²) in [5.74, 6) is 0.00200. The lowest BCUT2D eigenvalue weighted by atomic mass is 10.2. The van der Waals surface area contributed by atoms with E-state index in [2.05, 4.69) is 10.5 Å². The lowest BCUT2D eigenvalue weighted by Gasteiger charge is -2.11. The van der Waals surface area contributed by atoms with Crippen molar-refractivity contribution in [1.82, 2.24) is 0 Å². The number of hydrazone groups is 1. The number of para-hydroxylation sites is 2. The number of alkyl halides is 3. The molecular formula is C14H11F3N2O. The number of nitrogens with zero attached hydrogens (tertiary/aromatic N) is 1. The second-order valence-electron chi connectivity index (χ2n) is 3.97. The molecule has 0 heterocycles. The van der Waals surface area contributed by atoms with Crippen LogP contribution < -0.4 is 5.43 Å². The van der Waals surface area contributed by atoms with E-state index in [4.69, 9.17) is 0 Å². The van der Waals surface area contributed by atoms with E-state index in [0.29, 0.717) is 5.56 Å². The van der Waals surface area contributed by atoms with Gasteiger partial charge in [-0.05, 0) is 24.3 Å². The molecule has 2 aromatic carbocycles. The van der Waals surface area contributed by atoms with Crippen LogP contribution in [0.4, 0.5) is 18.9 Å². The molecule has 2 aromatic rings. The van der Waals surface area contributed by atoms with Crippen LogP contribution in [-0.4, -0.2) is 11.3 Å². The van der Waals surface area contributed by atoms with Gasteiger partial charge < -0.3 is 5.11 Å². The Balaban J connectivity index is 2.18. The fourth-order valence-electron chi connectivity index (χ4n) is 1.60. The van der Waals surface area contributed by atoms with E-state index in [9.17, 15) is 18.3 Å². The first kappa shape index (κ1) is 13.9. The van der Waals surface area contributed by atoms with Gasteiger partial charge in [-0.25, -0.2) is 0 Å². The van der Waals surface area contributed by atoms with Gasteiger partial charge >= 0.3 is 6.18 Å². The highest BCUT2D eigenvalue weighted by atomic mass is 19.4. The summed E-state index contributed by atoms with van der Waals surface area (Å²) < 4.78 is 38.2. The van der Waals surface area contributed by atoms with E-state index in [1.807, 2.05) is 0 Å². The molecule has 3 nitrogen and oxygen atoms in total. The number of hydrogen-bond acceptors (Lipinski definition) is 3. The van der Waals surface area contributed by atoms with E-state index in [-0.39, 0.29) is 11.4 Å². The zero-order valence-electron chi connectivity index (χ0n) is 10.2. The Morgan fingerprint density at radius 2 is 1.65 bits per heavy atom. The van der Waals surface area contributed by atoms with Gasteiger partial charge in [0.2, 0.25) is 0 Å². The van der Waals surface area contributed by atoms with Crippen LogP contribution in [-0.2, 0) is 6.18 Å². The summed E-state index contributed by atoms with van der Waals surface area (Å²) in [4.78, 5) is 0. The normalized spacial score (nSPS) is 11.8. The van der Waals surface area contributed by atoms with Crippen LogP contribution >= 0.6 is 0 Å². The summed E-state index contributed by atoms with van der Waals surface area (Å²) in [5.41, 5.74) is 1.80. The minimum Gasteiger partial charge on any atom is -0.507 e. The number of hydrogen-bond donors (Lipinski definition) is 2. The van der Waals surface area contributed by atoms with E-state index in [0.717, 1.165) is 6.07 Å². The molecular weight excluding hydrogens is 269 g/mol. The Morgan fingerprint density at radius 3 is 2.35 bits per heavy atom. The molecule has 0 saturated heterocycles. The lowest BCUT2D eigenvalue weighted by molar-refractivity contribution is -0.136. The summed E-state index contributed by atoms with van der Waals surface area (Å²) in [6.45, 7) is 0. The van der Waals surface area contributed by atoms with Gasteiger partial charge in [0.1, 0.15) is 5.75 Å². The van der Waals surface area contributed by atoms with Gasteiger partial charge in [0.25, 0.3) is 0 Å². The first-order valence-corrected chi connectivity index (χ1v) is 5.72. The third-order valence-electron chi connectivity index (χ3n) is 2.56. The van der Waals surface area contributed by atoms with Gasteiger partial charge in [-0.2, -0.15) is 18.3 Å². The number of phenols is 1. The van der Waals surface area contributed by atoms with Gasteiger partial charge in [-0.15, -0.1) is 0 Å². The van der Waals surface area contributed by atoms with Crippen LogP contribution in [0, 0.1) is 0 Å². The quantitative estimate of drug-likeness (QED) is 0.662. The molecule has 0 spiro atoms. The van der Waals surface area contributed by atoms with Crippen LogP contribution in [0.5, 0.6) is 5.75 Å². The summed E-state index contributed by atoms with van der Waals surface area (Å²) in [5, 5.41) is 13.2. The first-order valence-electron chi connectivity index (χ1n) is 5.72. The molecule has 0 fully saturated rings. The smallest absolute Gasteiger partial charge is 0.418 e. The third kappa shape index (κ3) is 3.28. The molecule has 0 bridgehead atoms. The second kappa shape index (κ2) is 5.64. The highest BCUT2D eigenvalue weighted by Crippen LogP contribution is 2.34. The molecule has 0 aliphatic rings. The Labute approximate surface area is 113 Å². The van der Waals surface area contributed by atoms with Gasteiger partial charge in [-0.1, -0.05) is 24.3 Å². The Kier molecular flexibility index (Phi) is 3.93. The highest BCUT2D eigenvalue weighted by Gasteiger charge is 2.33. The summed E-state index contributed by atoms with van der Waals surface area (Å²) in [6, 6.07) is 11.4. The average molecular weight is 280 g/mol. The van der Waals surface area contributed by atoms with Crippen LogP contribution in [0.1, 0.15) is 11.1 Å². The van der Waals surface area contributed by atoms with Crippen molar-refractivity contribution in [2.45, 2.75) is 6.18 Å². The van der Waals surface area contributed by atoms with Crippen molar-refractivity contribution in [3.8, 4) is 5.75 Å². The Hall–Kier alpha value is -2.50. The Morgan fingerprint density at radius 1 is 1.00 bits per heavy atom. The molecule has 0 amide bonds. The molecule has 0 aliphatic heterocycles. The standard InChI is InChI=1S/C14H11F3N2O/c15-14(16,17)11-6-2-3-7-12(11)19-18-9-10-5-1-4-8-13(10)20/h1-9,19-20H/b18-9-. The molecule has 0 atom stereocenters. The molecule has 20 heavy (non-hydrogen) atoms. The molecule has 2 N–H and O–H groups in total. The number of phenolic OH excluding ortho intramolecular Hbond substituents is 1. The molecule has 0 saturated carbocycles. The molecule has 2 rings (SSSR count). The van der Waals surface area contributed by atoms with Gasteiger partial charge in [0.15, 0.2) is 0 Å². The maximum Gasteiger partial charge on any atom is 0.418 e. The molecule has 0 aromatic heterocycles. The second-order valence-corrected chi connectivity index (χ2v) is 3.97. The van der Waals surface area contributed by atoms with Crippen molar-refractivity contribution in [2.75, 3.05) is 5.43 Å². The predicted molar refractivity (Wildman–Crippen MR) is 70.8 cm³/mol. The number of halogens is 3. The van der Waals surface area contributed by atoms with E-state index in [1.54, 1.807) is 18.2 Å². The molecule has 104 valence electrons. The van der Waals surface area contributed by atoms with Crippen molar-refractivity contribution in [2.24, 2.45) is 5.10 Å². The predicted octanol–water partition coefficient (Wildman–Crippen LogP) is 3.86. The fourth-order valence-corrected chi connectivity index (χ4v) is 1.60. The average Bonchev–Trinajstić information content (AvgIpc) is 2.40. The van der Waals surface area contributed by atoms with E-state index < -0.39 is 11.7 Å². The Bertz CT molecular complexity index is 624. The zero-order valence-corrected chi connectivity index (χ0v) is 10.2. The maximum atomic E-state index is 12.7. The minimum absolute atomic E-state index is 0.00200. The van der Waals surface area contributed by atoms with Crippen molar-refractivity contribution < 1.29 is 18.3 Å². The monoisotopic (exact) mass is 280 g/mol. The van der Waals surface area contributed by atoms with Crippen molar-refractivity contribution in [3.63, 3.8) is 0 Å². The number of aromatic hydroxyl groups is 1. The van der Waals surface area contributed by atoms with E-state index >= 15 is 0 Å². The van der Waals surface area contributed by atoms with Crippen LogP contribution in [0.15, 0.2) is 53.6 Å². The van der Waals surface area contributed by atoms with Gasteiger partial charge in [-0.3, -0.25) is 5.43 Å². The molecule has 6 heteroatoms. The van der Waals surface area contributed by atoms with Crippen LogP contribution in [0.3, 0.4) is 0 Å². The number of rotatable bonds is 3. The summed E-state index contributed by atoms with van der Waals surface area (Å²) in [7, 11) is 0. The molecule has 0 radical (unpaired) electrons. The topological polar surface area (TPSA) is 44.6 Å². The SMILES string of the molecule is Oc1ccccc1/C=N\Nc1ccccc1C(F)(F)F. The van der Waals surface area contributed by atoms with Crippen molar-refractivity contribution in [1.29, 1.82) is 0 Å². The van der Waals surface area contributed by atoms with Crippen molar-refractivity contribution in [3.05, 3.63) is 59.7 Å². The third-order valence-corrected chi connectivity index (χ3v) is 2.56. The minimum atomic E-state index is -4.45. The van der Waals surface area contributed by atoms with Crippen LogP contribution in [0.25, 0.3) is 0 Å². The lowest BCUT2D eigenvalue weighted by Crippen LogP contribution is -2.08. The van der Waals surface area contributed by atoms with Crippen molar-refractivity contribution >= 4 is 11.9 Å². The molecule has 0 aliphatic carbocycles.